The Labute approximate surface area is 293 Å². The SMILES string of the molecule is C[C@@H]1NC(=O)CC/C=C\CN(C2CCCCC2)C(=O)[C@H]2N([C@@H](CO)Cc3ccccc3)C(=O)[C@@H]3[C@@H](C(=O)O[C@H]1c1ccccc1)[C@H]1C=C[C@]32O1. The molecular formula is C40H47N3O7. The number of aliphatic hydroxyl groups excluding tert-OH is 1. The van der Waals surface area contributed by atoms with Gasteiger partial charge in [-0.05, 0) is 43.7 Å². The molecule has 1 spiro atoms. The summed E-state index contributed by atoms with van der Waals surface area (Å²) in [6.07, 6.45) is 11.7. The van der Waals surface area contributed by atoms with E-state index in [9.17, 15) is 19.5 Å². The van der Waals surface area contributed by atoms with Crippen LogP contribution in [0.15, 0.2) is 85.0 Å². The smallest absolute Gasteiger partial charge is 0.313 e. The lowest BCUT2D eigenvalue weighted by atomic mass is 9.74. The highest BCUT2D eigenvalue weighted by Gasteiger charge is 2.74. The lowest BCUT2D eigenvalue weighted by Gasteiger charge is -2.42. The van der Waals surface area contributed by atoms with E-state index in [-0.39, 0.29) is 30.9 Å². The highest BCUT2D eigenvalue weighted by molar-refractivity contribution is 5.99. The van der Waals surface area contributed by atoms with Crippen LogP contribution in [0.5, 0.6) is 0 Å². The van der Waals surface area contributed by atoms with Gasteiger partial charge in [-0.1, -0.05) is 104 Å². The monoisotopic (exact) mass is 681 g/mol. The summed E-state index contributed by atoms with van der Waals surface area (Å²) < 4.78 is 12.9. The predicted molar refractivity (Wildman–Crippen MR) is 185 cm³/mol. The standard InChI is InChI=1S/C40H47N3O7/c1-26-35(28-16-8-3-9-17-28)49-39(48)33-31-21-22-40(50-31)34(33)37(46)43(30(25-44)24-27-14-6-2-7-15-27)36(40)38(47)42(29-18-10-4-11-19-29)23-13-5-12-20-32(45)41-26/h2-3,5-9,13-17,21-22,26,29-31,33-36,44H,4,10-12,18-20,23-25H2,1H3,(H,41,45)/b13-5-/t26-,30+,31+,33-,34-,35+,36+,40-/m0/s1. The Morgan fingerprint density at radius 2 is 1.66 bits per heavy atom. The Hall–Kier alpha value is -4.28. The van der Waals surface area contributed by atoms with E-state index >= 15 is 4.79 Å². The molecule has 3 amide bonds. The van der Waals surface area contributed by atoms with Gasteiger partial charge in [-0.3, -0.25) is 19.2 Å². The van der Waals surface area contributed by atoms with E-state index < -0.39 is 59.6 Å². The van der Waals surface area contributed by atoms with Gasteiger partial charge in [0.15, 0.2) is 0 Å². The third kappa shape index (κ3) is 6.28. The molecule has 0 aromatic heterocycles. The zero-order valence-corrected chi connectivity index (χ0v) is 28.6. The summed E-state index contributed by atoms with van der Waals surface area (Å²) in [4.78, 5) is 60.9. The van der Waals surface area contributed by atoms with Gasteiger partial charge in [-0.2, -0.15) is 0 Å². The molecule has 10 heteroatoms. The van der Waals surface area contributed by atoms with Gasteiger partial charge in [-0.25, -0.2) is 0 Å². The Bertz CT molecular complexity index is 1620. The van der Waals surface area contributed by atoms with E-state index in [2.05, 4.69) is 5.32 Å². The van der Waals surface area contributed by atoms with Gasteiger partial charge in [0.1, 0.15) is 23.7 Å². The Morgan fingerprint density at radius 1 is 0.940 bits per heavy atom. The van der Waals surface area contributed by atoms with E-state index in [1.807, 2.05) is 83.8 Å². The number of rotatable bonds is 6. The van der Waals surface area contributed by atoms with Crippen LogP contribution >= 0.6 is 0 Å². The van der Waals surface area contributed by atoms with E-state index in [1.165, 1.54) is 4.90 Å². The highest BCUT2D eigenvalue weighted by Crippen LogP contribution is 2.56. The minimum atomic E-state index is -1.40. The third-order valence-corrected chi connectivity index (χ3v) is 11.3. The van der Waals surface area contributed by atoms with Gasteiger partial charge in [0.05, 0.1) is 30.7 Å². The number of hydrogen-bond donors (Lipinski definition) is 2. The fourth-order valence-corrected chi connectivity index (χ4v) is 8.88. The van der Waals surface area contributed by atoms with Crippen LogP contribution in [0.3, 0.4) is 0 Å². The number of amides is 3. The van der Waals surface area contributed by atoms with Crippen molar-refractivity contribution in [3.8, 4) is 0 Å². The summed E-state index contributed by atoms with van der Waals surface area (Å²) in [5, 5.41) is 13.9. The minimum Gasteiger partial charge on any atom is -0.455 e. The Balaban J connectivity index is 1.32. The topological polar surface area (TPSA) is 125 Å². The first-order chi connectivity index (χ1) is 24.3. The van der Waals surface area contributed by atoms with Gasteiger partial charge in [0, 0.05) is 19.0 Å². The molecule has 5 aliphatic rings. The molecule has 3 fully saturated rings. The van der Waals surface area contributed by atoms with Crippen molar-refractivity contribution in [1.29, 1.82) is 0 Å². The number of aliphatic hydroxyl groups is 1. The van der Waals surface area contributed by atoms with E-state index in [4.69, 9.17) is 9.47 Å². The predicted octanol–water partition coefficient (Wildman–Crippen LogP) is 4.04. The number of likely N-dealkylation sites (tertiary alicyclic amines) is 1. The van der Waals surface area contributed by atoms with Crippen LogP contribution in [-0.2, 0) is 35.1 Å². The second kappa shape index (κ2) is 14.5. The number of allylic oxidation sites excluding steroid dienone is 1. The van der Waals surface area contributed by atoms with E-state index in [0.29, 0.717) is 24.9 Å². The van der Waals surface area contributed by atoms with Crippen LogP contribution in [0.2, 0.25) is 0 Å². The molecular weight excluding hydrogens is 634 g/mol. The van der Waals surface area contributed by atoms with Crippen LogP contribution in [0, 0.1) is 11.8 Å². The average molecular weight is 682 g/mol. The molecule has 2 N–H and O–H groups in total. The van der Waals surface area contributed by atoms with Crippen LogP contribution in [0.25, 0.3) is 0 Å². The van der Waals surface area contributed by atoms with Crippen molar-refractivity contribution in [2.24, 2.45) is 11.8 Å². The molecule has 50 heavy (non-hydrogen) atoms. The molecule has 2 saturated heterocycles. The number of benzene rings is 2. The second-order valence-corrected chi connectivity index (χ2v) is 14.4. The van der Waals surface area contributed by atoms with Crippen molar-refractivity contribution in [2.75, 3.05) is 13.2 Å². The number of fused-ring (bicyclic) bond motifs is 2. The molecule has 4 aliphatic heterocycles. The number of carbonyl (C=O) groups excluding carboxylic acids is 4. The fraction of sp³-hybridized carbons (Fsp3) is 0.500. The summed E-state index contributed by atoms with van der Waals surface area (Å²) in [5.74, 6) is -3.49. The van der Waals surface area contributed by atoms with Crippen LogP contribution in [0.4, 0.5) is 0 Å². The van der Waals surface area contributed by atoms with Gasteiger partial charge in [-0.15, -0.1) is 0 Å². The normalized spacial score (nSPS) is 33.2. The molecule has 1 aliphatic carbocycles. The van der Waals surface area contributed by atoms with Gasteiger partial charge < -0.3 is 29.7 Å². The van der Waals surface area contributed by atoms with Crippen molar-refractivity contribution in [3.63, 3.8) is 0 Å². The maximum Gasteiger partial charge on any atom is 0.313 e. The maximum absolute atomic E-state index is 15.2. The Kier molecular flexibility index (Phi) is 9.93. The van der Waals surface area contributed by atoms with Crippen molar-refractivity contribution in [1.82, 2.24) is 15.1 Å². The summed E-state index contributed by atoms with van der Waals surface area (Å²) >= 11 is 0. The summed E-state index contributed by atoms with van der Waals surface area (Å²) in [6.45, 7) is 1.75. The Morgan fingerprint density at radius 3 is 2.38 bits per heavy atom. The number of nitrogens with one attached hydrogen (secondary N) is 1. The summed E-state index contributed by atoms with van der Waals surface area (Å²) in [6, 6.07) is 16.4. The first-order valence-corrected chi connectivity index (χ1v) is 18.2. The molecule has 10 nitrogen and oxygen atoms in total. The second-order valence-electron chi connectivity index (χ2n) is 14.4. The lowest BCUT2D eigenvalue weighted by Crippen LogP contribution is -2.60. The summed E-state index contributed by atoms with van der Waals surface area (Å²) in [7, 11) is 0. The maximum atomic E-state index is 15.2. The van der Waals surface area contributed by atoms with Crippen molar-refractivity contribution >= 4 is 23.7 Å². The first kappa shape index (κ1) is 34.2. The zero-order chi connectivity index (χ0) is 34.8. The average Bonchev–Trinajstić information content (AvgIpc) is 3.79. The lowest BCUT2D eigenvalue weighted by molar-refractivity contribution is -0.162. The van der Waals surface area contributed by atoms with Gasteiger partial charge in [0.25, 0.3) is 0 Å². The number of esters is 1. The van der Waals surface area contributed by atoms with Gasteiger partial charge in [0.2, 0.25) is 17.7 Å². The molecule has 2 aromatic carbocycles. The number of nitrogens with zero attached hydrogens (tertiary/aromatic N) is 2. The number of hydrogen-bond acceptors (Lipinski definition) is 7. The molecule has 8 atom stereocenters. The quantitative estimate of drug-likeness (QED) is 0.348. The highest BCUT2D eigenvalue weighted by atomic mass is 16.6. The molecule has 5 bridgehead atoms. The largest absolute Gasteiger partial charge is 0.455 e. The van der Waals surface area contributed by atoms with Crippen LogP contribution < -0.4 is 5.32 Å². The number of cyclic esters (lactones) is 1. The van der Waals surface area contributed by atoms with Crippen LogP contribution in [-0.4, -0.2) is 87.6 Å². The molecule has 2 aromatic rings. The minimum absolute atomic E-state index is 0.0313. The number of carbonyl (C=O) groups is 4. The van der Waals surface area contributed by atoms with E-state index in [0.717, 1.165) is 37.7 Å². The van der Waals surface area contributed by atoms with Crippen molar-refractivity contribution in [3.05, 3.63) is 96.1 Å². The number of ether oxygens (including phenoxy) is 2. The molecule has 0 unspecified atom stereocenters. The molecule has 4 heterocycles. The van der Waals surface area contributed by atoms with Crippen LogP contribution in [0.1, 0.15) is 69.1 Å². The summed E-state index contributed by atoms with van der Waals surface area (Å²) in [5.41, 5.74) is 0.221. The first-order valence-electron chi connectivity index (χ1n) is 18.2. The molecule has 264 valence electrons. The van der Waals surface area contributed by atoms with E-state index in [1.54, 1.807) is 13.0 Å². The fourth-order valence-electron chi connectivity index (χ4n) is 8.88. The molecule has 7 rings (SSSR count). The molecule has 0 radical (unpaired) electrons. The van der Waals surface area contributed by atoms with Crippen molar-refractivity contribution in [2.45, 2.75) is 100 Å². The van der Waals surface area contributed by atoms with Gasteiger partial charge >= 0.3 is 5.97 Å². The third-order valence-electron chi connectivity index (χ3n) is 11.3. The van der Waals surface area contributed by atoms with Crippen molar-refractivity contribution < 1.29 is 33.8 Å². The molecule has 1 saturated carbocycles. The zero-order valence-electron chi connectivity index (χ0n) is 28.6.